The van der Waals surface area contributed by atoms with Crippen LogP contribution < -0.4 is 9.64 Å². The number of aryl methyl sites for hydroxylation is 1. The Kier molecular flexibility index (Phi) is 5.50. The molecule has 1 aromatic rings. The lowest BCUT2D eigenvalue weighted by molar-refractivity contribution is -0.132. The van der Waals surface area contributed by atoms with Gasteiger partial charge in [-0.3, -0.25) is 4.79 Å². The SMILES string of the molecule is C=C(C(C)=O)C(=O)Oc1cc(N(CC)CC)ccc1C. The molecule has 0 atom stereocenters. The standard InChI is InChI=1S/C16H21NO3/c1-6-17(7-2)14-9-8-11(3)15(10-14)20-16(19)12(4)13(5)18/h8-10H,4,6-7H2,1-3,5H3. The van der Waals surface area contributed by atoms with Crippen LogP contribution >= 0.6 is 0 Å². The highest BCUT2D eigenvalue weighted by Crippen LogP contribution is 2.26. The van der Waals surface area contributed by atoms with E-state index in [-0.39, 0.29) is 11.4 Å². The summed E-state index contributed by atoms with van der Waals surface area (Å²) in [6, 6.07) is 5.69. The van der Waals surface area contributed by atoms with Crippen LogP contribution in [0.2, 0.25) is 0 Å². The Bertz CT molecular complexity index is 531. The lowest BCUT2D eigenvalue weighted by Gasteiger charge is -2.22. The van der Waals surface area contributed by atoms with Gasteiger partial charge in [0.2, 0.25) is 0 Å². The second-order valence-corrected chi connectivity index (χ2v) is 4.55. The summed E-state index contributed by atoms with van der Waals surface area (Å²) in [7, 11) is 0. The Labute approximate surface area is 120 Å². The van der Waals surface area contributed by atoms with Gasteiger partial charge >= 0.3 is 5.97 Å². The first-order chi connectivity index (χ1) is 9.40. The normalized spacial score (nSPS) is 10.0. The molecule has 0 saturated heterocycles. The quantitative estimate of drug-likeness (QED) is 0.263. The van der Waals surface area contributed by atoms with Crippen LogP contribution in [0.25, 0.3) is 0 Å². The molecule has 0 aliphatic heterocycles. The minimum absolute atomic E-state index is 0.141. The van der Waals surface area contributed by atoms with Crippen LogP contribution in [-0.2, 0) is 9.59 Å². The summed E-state index contributed by atoms with van der Waals surface area (Å²) in [5.41, 5.74) is 1.68. The van der Waals surface area contributed by atoms with Gasteiger partial charge in [0.15, 0.2) is 5.78 Å². The van der Waals surface area contributed by atoms with Crippen LogP contribution in [0.5, 0.6) is 5.75 Å². The zero-order valence-corrected chi connectivity index (χ0v) is 12.5. The fourth-order valence-electron chi connectivity index (χ4n) is 1.79. The van der Waals surface area contributed by atoms with E-state index >= 15 is 0 Å². The highest BCUT2D eigenvalue weighted by atomic mass is 16.5. The second kappa shape index (κ2) is 6.89. The van der Waals surface area contributed by atoms with Crippen LogP contribution in [0.3, 0.4) is 0 Å². The molecule has 0 aliphatic carbocycles. The van der Waals surface area contributed by atoms with Crippen LogP contribution in [0, 0.1) is 6.92 Å². The van der Waals surface area contributed by atoms with E-state index in [1.54, 1.807) is 0 Å². The van der Waals surface area contributed by atoms with Crippen molar-refractivity contribution in [2.45, 2.75) is 27.7 Å². The molecule has 108 valence electrons. The summed E-state index contributed by atoms with van der Waals surface area (Å²) in [6.07, 6.45) is 0. The first kappa shape index (κ1) is 16.0. The smallest absolute Gasteiger partial charge is 0.346 e. The molecular formula is C16H21NO3. The molecule has 0 amide bonds. The largest absolute Gasteiger partial charge is 0.422 e. The number of nitrogens with zero attached hydrogens (tertiary/aromatic N) is 1. The maximum Gasteiger partial charge on any atom is 0.346 e. The number of carbonyl (C=O) groups excluding carboxylic acids is 2. The molecule has 0 N–H and O–H groups in total. The number of esters is 1. The summed E-state index contributed by atoms with van der Waals surface area (Å²) in [6.45, 7) is 12.4. The predicted octanol–water partition coefficient (Wildman–Crippen LogP) is 2.89. The molecular weight excluding hydrogens is 254 g/mol. The third kappa shape index (κ3) is 3.70. The maximum atomic E-state index is 11.8. The summed E-state index contributed by atoms with van der Waals surface area (Å²) < 4.78 is 5.26. The third-order valence-corrected chi connectivity index (χ3v) is 3.17. The number of hydrogen-bond acceptors (Lipinski definition) is 4. The van der Waals surface area contributed by atoms with Gasteiger partial charge in [0.05, 0.1) is 5.57 Å². The van der Waals surface area contributed by atoms with E-state index in [4.69, 9.17) is 4.74 Å². The molecule has 20 heavy (non-hydrogen) atoms. The van der Waals surface area contributed by atoms with Crippen molar-refractivity contribution in [3.8, 4) is 5.75 Å². The molecule has 4 heteroatoms. The van der Waals surface area contributed by atoms with E-state index in [1.165, 1.54) is 6.92 Å². The van der Waals surface area contributed by atoms with Crippen molar-refractivity contribution in [1.82, 2.24) is 0 Å². The average Bonchev–Trinajstić information content (AvgIpc) is 2.42. The monoisotopic (exact) mass is 275 g/mol. The zero-order chi connectivity index (χ0) is 15.3. The minimum Gasteiger partial charge on any atom is -0.422 e. The molecule has 4 nitrogen and oxygen atoms in total. The number of ether oxygens (including phenoxy) is 1. The average molecular weight is 275 g/mol. The van der Waals surface area contributed by atoms with Crippen LogP contribution in [0.4, 0.5) is 5.69 Å². The van der Waals surface area contributed by atoms with E-state index in [2.05, 4.69) is 25.3 Å². The first-order valence-electron chi connectivity index (χ1n) is 6.68. The van der Waals surface area contributed by atoms with Crippen molar-refractivity contribution in [2.24, 2.45) is 0 Å². The summed E-state index contributed by atoms with van der Waals surface area (Å²) in [5, 5.41) is 0. The van der Waals surface area contributed by atoms with Gasteiger partial charge in [-0.1, -0.05) is 12.6 Å². The molecule has 0 bridgehead atoms. The fraction of sp³-hybridized carbons (Fsp3) is 0.375. The molecule has 0 saturated carbocycles. The lowest BCUT2D eigenvalue weighted by Crippen LogP contribution is -2.22. The number of hydrogen-bond donors (Lipinski definition) is 0. The van der Waals surface area contributed by atoms with Gasteiger partial charge in [0.1, 0.15) is 5.75 Å². The number of carbonyl (C=O) groups is 2. The lowest BCUT2D eigenvalue weighted by atomic mass is 10.2. The Hall–Kier alpha value is -2.10. The summed E-state index contributed by atoms with van der Waals surface area (Å²) in [5.74, 6) is -0.619. The number of ketones is 1. The van der Waals surface area contributed by atoms with E-state index < -0.39 is 5.97 Å². The third-order valence-electron chi connectivity index (χ3n) is 3.17. The fourth-order valence-corrected chi connectivity index (χ4v) is 1.79. The summed E-state index contributed by atoms with van der Waals surface area (Å²) >= 11 is 0. The van der Waals surface area contributed by atoms with Crippen molar-refractivity contribution in [3.05, 3.63) is 35.9 Å². The molecule has 1 aromatic carbocycles. The Morgan fingerprint density at radius 1 is 1.25 bits per heavy atom. The predicted molar refractivity (Wildman–Crippen MR) is 80.2 cm³/mol. The van der Waals surface area contributed by atoms with Gasteiger partial charge in [0.25, 0.3) is 0 Å². The molecule has 0 radical (unpaired) electrons. The van der Waals surface area contributed by atoms with Crippen molar-refractivity contribution >= 4 is 17.4 Å². The number of benzene rings is 1. The van der Waals surface area contributed by atoms with E-state index in [9.17, 15) is 9.59 Å². The maximum absolute atomic E-state index is 11.8. The second-order valence-electron chi connectivity index (χ2n) is 4.55. The molecule has 0 aliphatic rings. The van der Waals surface area contributed by atoms with Gasteiger partial charge in [-0.05, 0) is 39.3 Å². The number of rotatable bonds is 6. The molecule has 0 aromatic heterocycles. The number of Topliss-reactive ketones (excluding diaryl/α,β-unsaturated/α-hetero) is 1. The molecule has 1 rings (SSSR count). The van der Waals surface area contributed by atoms with Crippen molar-refractivity contribution in [3.63, 3.8) is 0 Å². The van der Waals surface area contributed by atoms with Gasteiger partial charge in [0, 0.05) is 24.8 Å². The van der Waals surface area contributed by atoms with Crippen molar-refractivity contribution in [1.29, 1.82) is 0 Å². The van der Waals surface area contributed by atoms with Gasteiger partial charge in [-0.25, -0.2) is 4.79 Å². The molecule has 0 unspecified atom stereocenters. The van der Waals surface area contributed by atoms with E-state index in [0.29, 0.717) is 5.75 Å². The molecule has 0 fully saturated rings. The Morgan fingerprint density at radius 2 is 1.85 bits per heavy atom. The zero-order valence-electron chi connectivity index (χ0n) is 12.5. The van der Waals surface area contributed by atoms with E-state index in [1.807, 2.05) is 25.1 Å². The minimum atomic E-state index is -0.697. The highest BCUT2D eigenvalue weighted by molar-refractivity contribution is 6.16. The van der Waals surface area contributed by atoms with Crippen molar-refractivity contribution < 1.29 is 14.3 Å². The molecule has 0 spiro atoms. The topological polar surface area (TPSA) is 46.6 Å². The molecule has 0 heterocycles. The van der Waals surface area contributed by atoms with Crippen LogP contribution in [0.1, 0.15) is 26.3 Å². The van der Waals surface area contributed by atoms with Crippen LogP contribution in [-0.4, -0.2) is 24.8 Å². The van der Waals surface area contributed by atoms with Gasteiger partial charge in [-0.15, -0.1) is 0 Å². The van der Waals surface area contributed by atoms with Crippen molar-refractivity contribution in [2.75, 3.05) is 18.0 Å². The number of anilines is 1. The van der Waals surface area contributed by atoms with Gasteiger partial charge < -0.3 is 9.64 Å². The first-order valence-corrected chi connectivity index (χ1v) is 6.68. The Balaban J connectivity index is 3.00. The van der Waals surface area contributed by atoms with E-state index in [0.717, 1.165) is 24.3 Å². The highest BCUT2D eigenvalue weighted by Gasteiger charge is 2.16. The summed E-state index contributed by atoms with van der Waals surface area (Å²) in [4.78, 5) is 25.0. The Morgan fingerprint density at radius 3 is 2.35 bits per heavy atom. The van der Waals surface area contributed by atoms with Gasteiger partial charge in [-0.2, -0.15) is 0 Å². The van der Waals surface area contributed by atoms with Crippen LogP contribution in [0.15, 0.2) is 30.4 Å².